The number of nitrogens with zero attached hydrogens (tertiary/aromatic N) is 2. The van der Waals surface area contributed by atoms with E-state index in [4.69, 9.17) is 4.74 Å². The number of hydrogen-bond donors (Lipinski definition) is 0. The van der Waals surface area contributed by atoms with Gasteiger partial charge < -0.3 is 9.47 Å². The summed E-state index contributed by atoms with van der Waals surface area (Å²) in [4.78, 5) is 24.8. The van der Waals surface area contributed by atoms with Gasteiger partial charge in [0.25, 0.3) is 5.54 Å². The molecule has 0 saturated carbocycles. The minimum atomic E-state index is -5.19. The van der Waals surface area contributed by atoms with Crippen molar-refractivity contribution in [3.63, 3.8) is 0 Å². The number of esters is 1. The van der Waals surface area contributed by atoms with Gasteiger partial charge in [0.15, 0.2) is 6.04 Å². The second-order valence-electron chi connectivity index (χ2n) is 7.19. The van der Waals surface area contributed by atoms with Gasteiger partial charge in [-0.2, -0.15) is 18.4 Å². The van der Waals surface area contributed by atoms with E-state index in [2.05, 4.69) is 4.74 Å². The topological polar surface area (TPSA) is 79.4 Å². The molecule has 9 heteroatoms. The summed E-state index contributed by atoms with van der Waals surface area (Å²) in [6.45, 7) is 0.773. The molecule has 1 heterocycles. The van der Waals surface area contributed by atoms with E-state index in [1.54, 1.807) is 0 Å². The number of amides is 1. The molecule has 0 bridgehead atoms. The van der Waals surface area contributed by atoms with Gasteiger partial charge in [0.2, 0.25) is 0 Å². The van der Waals surface area contributed by atoms with Gasteiger partial charge in [-0.3, -0.25) is 4.90 Å². The van der Waals surface area contributed by atoms with Crippen LogP contribution in [0, 0.1) is 11.3 Å². The monoisotopic (exact) mass is 430 g/mol. The molecule has 4 rings (SSSR count). The third kappa shape index (κ3) is 2.93. The predicted molar refractivity (Wildman–Crippen MR) is 102 cm³/mol. The Morgan fingerprint density at radius 3 is 2.10 bits per heavy atom. The zero-order chi connectivity index (χ0) is 22.4. The molecule has 2 atom stereocenters. The van der Waals surface area contributed by atoms with Gasteiger partial charge in [-0.15, -0.1) is 0 Å². The Kier molecular flexibility index (Phi) is 4.88. The van der Waals surface area contributed by atoms with Crippen molar-refractivity contribution >= 4 is 12.1 Å². The summed E-state index contributed by atoms with van der Waals surface area (Å²) in [5, 5.41) is 9.17. The number of halogens is 3. The Labute approximate surface area is 175 Å². The van der Waals surface area contributed by atoms with Crippen molar-refractivity contribution in [2.45, 2.75) is 30.6 Å². The number of ether oxygens (including phenoxy) is 2. The van der Waals surface area contributed by atoms with Crippen molar-refractivity contribution in [1.82, 2.24) is 4.90 Å². The minimum absolute atomic E-state index is 0.109. The average Bonchev–Trinajstić information content (AvgIpc) is 3.36. The summed E-state index contributed by atoms with van der Waals surface area (Å²) in [7, 11) is 0. The minimum Gasteiger partial charge on any atom is -0.464 e. The van der Waals surface area contributed by atoms with Gasteiger partial charge in [-0.25, -0.2) is 9.59 Å². The molecule has 1 aliphatic heterocycles. The van der Waals surface area contributed by atoms with Crippen molar-refractivity contribution < 1.29 is 32.2 Å². The standard InChI is InChI=1S/C22H17F3N2O4/c1-2-30-19(28)21(22(23,24)25)18(11-26)27(21)20(29)31-12-17-15-9-5-3-7-13(15)14-8-4-6-10-16(14)17/h3-10,17-18H,2,12H2,1H3/t18-,21-,27?/m1/s1. The van der Waals surface area contributed by atoms with Gasteiger partial charge in [0.1, 0.15) is 6.61 Å². The lowest BCUT2D eigenvalue weighted by molar-refractivity contribution is -0.193. The molecule has 0 aromatic heterocycles. The third-order valence-electron chi connectivity index (χ3n) is 5.64. The molecule has 0 radical (unpaired) electrons. The molecule has 2 aromatic carbocycles. The molecule has 160 valence electrons. The molecular formula is C22H17F3N2O4. The van der Waals surface area contributed by atoms with Gasteiger partial charge in [-0.1, -0.05) is 48.5 Å². The Hall–Kier alpha value is -3.54. The normalized spacial score (nSPS) is 21.6. The van der Waals surface area contributed by atoms with Crippen LogP contribution >= 0.6 is 0 Å². The van der Waals surface area contributed by atoms with Crippen LogP contribution in [0.5, 0.6) is 0 Å². The molecule has 0 unspecified atom stereocenters. The first kappa shape index (κ1) is 20.7. The summed E-state index contributed by atoms with van der Waals surface area (Å²) in [6.07, 6.45) is -6.58. The fourth-order valence-electron chi connectivity index (χ4n) is 4.21. The Morgan fingerprint density at radius 2 is 1.61 bits per heavy atom. The average molecular weight is 430 g/mol. The van der Waals surface area contributed by atoms with Gasteiger partial charge in [0, 0.05) is 5.92 Å². The highest BCUT2D eigenvalue weighted by molar-refractivity contribution is 5.95. The summed E-state index contributed by atoms with van der Waals surface area (Å²) in [6, 6.07) is 14.3. The number of benzene rings is 2. The smallest absolute Gasteiger partial charge is 0.426 e. The number of nitriles is 1. The second-order valence-corrected chi connectivity index (χ2v) is 7.19. The number of carbonyl (C=O) groups excluding carboxylic acids is 2. The van der Waals surface area contributed by atoms with Crippen molar-refractivity contribution in [3.05, 3.63) is 59.7 Å². The van der Waals surface area contributed by atoms with Crippen LogP contribution in [0.3, 0.4) is 0 Å². The maximum Gasteiger partial charge on any atom is 0.426 e. The molecule has 1 amide bonds. The van der Waals surface area contributed by atoms with E-state index in [1.807, 2.05) is 48.5 Å². The molecular weight excluding hydrogens is 413 g/mol. The summed E-state index contributed by atoms with van der Waals surface area (Å²) >= 11 is 0. The van der Waals surface area contributed by atoms with Crippen LogP contribution in [-0.4, -0.2) is 47.9 Å². The van der Waals surface area contributed by atoms with Crippen molar-refractivity contribution in [1.29, 1.82) is 5.26 Å². The van der Waals surface area contributed by atoms with Gasteiger partial charge in [-0.05, 0) is 29.2 Å². The van der Waals surface area contributed by atoms with Crippen molar-refractivity contribution in [2.75, 3.05) is 13.2 Å². The van der Waals surface area contributed by atoms with E-state index in [9.17, 15) is 28.0 Å². The number of rotatable bonds is 4. The van der Waals surface area contributed by atoms with Crippen LogP contribution in [0.15, 0.2) is 48.5 Å². The highest BCUT2D eigenvalue weighted by atomic mass is 19.4. The van der Waals surface area contributed by atoms with Crippen LogP contribution in [0.1, 0.15) is 24.0 Å². The quantitative estimate of drug-likeness (QED) is 0.541. The Balaban J connectivity index is 1.58. The Morgan fingerprint density at radius 1 is 1.06 bits per heavy atom. The fraction of sp³-hybridized carbons (Fsp3) is 0.318. The zero-order valence-corrected chi connectivity index (χ0v) is 16.3. The van der Waals surface area contributed by atoms with Crippen LogP contribution in [0.25, 0.3) is 11.1 Å². The van der Waals surface area contributed by atoms with Gasteiger partial charge in [0.05, 0.1) is 12.7 Å². The molecule has 0 spiro atoms. The van der Waals surface area contributed by atoms with Crippen molar-refractivity contribution in [3.8, 4) is 17.2 Å². The molecule has 2 aliphatic rings. The van der Waals surface area contributed by atoms with Crippen LogP contribution in [0.2, 0.25) is 0 Å². The van der Waals surface area contributed by atoms with E-state index >= 15 is 0 Å². The van der Waals surface area contributed by atoms with Crippen LogP contribution in [-0.2, 0) is 14.3 Å². The van der Waals surface area contributed by atoms with E-state index in [0.717, 1.165) is 22.3 Å². The maximum atomic E-state index is 13.8. The molecule has 1 saturated heterocycles. The molecule has 6 nitrogen and oxygen atoms in total. The summed E-state index contributed by atoms with van der Waals surface area (Å²) < 4.78 is 51.0. The lowest BCUT2D eigenvalue weighted by atomic mass is 9.98. The van der Waals surface area contributed by atoms with E-state index in [-0.39, 0.29) is 24.0 Å². The zero-order valence-electron chi connectivity index (χ0n) is 16.3. The first-order chi connectivity index (χ1) is 14.8. The van der Waals surface area contributed by atoms with E-state index in [0.29, 0.717) is 0 Å². The maximum absolute atomic E-state index is 13.8. The number of fused-ring (bicyclic) bond motifs is 3. The number of alkyl halides is 3. The largest absolute Gasteiger partial charge is 0.464 e. The van der Waals surface area contributed by atoms with Crippen LogP contribution < -0.4 is 0 Å². The van der Waals surface area contributed by atoms with E-state index < -0.39 is 29.8 Å². The number of carbonyl (C=O) groups is 2. The van der Waals surface area contributed by atoms with Gasteiger partial charge >= 0.3 is 18.2 Å². The number of hydrogen-bond acceptors (Lipinski definition) is 5. The van der Waals surface area contributed by atoms with Crippen LogP contribution in [0.4, 0.5) is 18.0 Å². The first-order valence-electron chi connectivity index (χ1n) is 9.56. The lowest BCUT2D eigenvalue weighted by Crippen LogP contribution is -2.47. The highest BCUT2D eigenvalue weighted by Gasteiger charge is 2.86. The molecule has 31 heavy (non-hydrogen) atoms. The predicted octanol–water partition coefficient (Wildman–Crippen LogP) is 4.01. The fourth-order valence-corrected chi connectivity index (χ4v) is 4.21. The third-order valence-corrected chi connectivity index (χ3v) is 5.64. The SMILES string of the molecule is CCOC(=O)[C@@]1(C(F)(F)F)[C@@H](C#N)N1C(=O)OCC1c2ccccc2-c2ccccc21. The summed E-state index contributed by atoms with van der Waals surface area (Å²) in [5.74, 6) is -2.07. The molecule has 1 aliphatic carbocycles. The first-order valence-corrected chi connectivity index (χ1v) is 9.56. The molecule has 2 aromatic rings. The Bertz CT molecular complexity index is 1050. The molecule has 0 N–H and O–H groups in total. The second kappa shape index (κ2) is 7.30. The van der Waals surface area contributed by atoms with E-state index in [1.165, 1.54) is 13.0 Å². The lowest BCUT2D eigenvalue weighted by Gasteiger charge is -2.19. The summed E-state index contributed by atoms with van der Waals surface area (Å²) in [5.41, 5.74) is 0.326. The highest BCUT2D eigenvalue weighted by Crippen LogP contribution is 2.54. The van der Waals surface area contributed by atoms with Crippen molar-refractivity contribution in [2.24, 2.45) is 0 Å². The molecule has 1 fully saturated rings.